The molecular weight excluding hydrogens is 774 g/mol. The molecule has 0 radical (unpaired) electrons. The van der Waals surface area contributed by atoms with Crippen molar-refractivity contribution >= 4 is 19.8 Å². The zero-order valence-corrected chi connectivity index (χ0v) is 41.1. The summed E-state index contributed by atoms with van der Waals surface area (Å²) in [6.07, 6.45) is 46.6. The summed E-state index contributed by atoms with van der Waals surface area (Å²) in [5, 5.41) is 0. The minimum atomic E-state index is -4.62. The number of carbonyl (C=O) groups excluding carboxylic acids is 2. The van der Waals surface area contributed by atoms with Gasteiger partial charge < -0.3 is 27.9 Å². The molecule has 0 aliphatic heterocycles. The summed E-state index contributed by atoms with van der Waals surface area (Å²) in [6.45, 7) is 4.27. The number of quaternary nitrogens is 1. The van der Waals surface area contributed by atoms with Gasteiger partial charge >= 0.3 is 11.9 Å². The van der Waals surface area contributed by atoms with E-state index in [4.69, 9.17) is 18.5 Å². The molecule has 9 nitrogen and oxygen atoms in total. The van der Waals surface area contributed by atoms with Crippen LogP contribution in [0.1, 0.15) is 245 Å². The van der Waals surface area contributed by atoms with Gasteiger partial charge in [0.25, 0.3) is 7.82 Å². The Balaban J connectivity index is 4.24. The van der Waals surface area contributed by atoms with Gasteiger partial charge in [-0.25, -0.2) is 0 Å². The fourth-order valence-electron chi connectivity index (χ4n) is 7.30. The van der Waals surface area contributed by atoms with Crippen LogP contribution in [0.4, 0.5) is 0 Å². The third-order valence-corrected chi connectivity index (χ3v) is 12.2. The molecule has 1 unspecified atom stereocenters. The first-order valence-corrected chi connectivity index (χ1v) is 26.9. The van der Waals surface area contributed by atoms with Crippen molar-refractivity contribution in [1.82, 2.24) is 0 Å². The van der Waals surface area contributed by atoms with Crippen LogP contribution >= 0.6 is 7.82 Å². The van der Waals surface area contributed by atoms with Gasteiger partial charge in [-0.05, 0) is 38.5 Å². The van der Waals surface area contributed by atoms with E-state index in [1.165, 1.54) is 167 Å². The van der Waals surface area contributed by atoms with Crippen LogP contribution < -0.4 is 4.89 Å². The van der Waals surface area contributed by atoms with E-state index in [2.05, 4.69) is 26.0 Å². The fourth-order valence-corrected chi connectivity index (χ4v) is 8.03. The number of hydrogen-bond acceptors (Lipinski definition) is 8. The number of nitrogens with zero attached hydrogens (tertiary/aromatic N) is 1. The van der Waals surface area contributed by atoms with Crippen molar-refractivity contribution < 1.29 is 42.1 Å². The first kappa shape index (κ1) is 58.8. The normalized spacial score (nSPS) is 13.5. The molecule has 0 aliphatic carbocycles. The van der Waals surface area contributed by atoms with Crippen LogP contribution in [0.2, 0.25) is 0 Å². The molecule has 0 heterocycles. The summed E-state index contributed by atoms with van der Waals surface area (Å²) >= 11 is 0. The highest BCUT2D eigenvalue weighted by Gasteiger charge is 2.21. The predicted molar refractivity (Wildman–Crippen MR) is 250 cm³/mol. The van der Waals surface area contributed by atoms with E-state index in [1.54, 1.807) is 0 Å². The molecule has 0 aromatic heterocycles. The third kappa shape index (κ3) is 46.3. The minimum absolute atomic E-state index is 0.0282. The number of hydrogen-bond donors (Lipinski definition) is 0. The summed E-state index contributed by atoms with van der Waals surface area (Å²) in [4.78, 5) is 37.7. The van der Waals surface area contributed by atoms with Crippen molar-refractivity contribution in [2.24, 2.45) is 0 Å². The predicted octanol–water partition coefficient (Wildman–Crippen LogP) is 14.3. The van der Waals surface area contributed by atoms with Gasteiger partial charge in [-0.15, -0.1) is 0 Å². The number of esters is 2. The van der Waals surface area contributed by atoms with Crippen LogP contribution in [0, 0.1) is 0 Å². The molecule has 0 saturated heterocycles. The van der Waals surface area contributed by atoms with E-state index in [1.807, 2.05) is 21.1 Å². The zero-order chi connectivity index (χ0) is 44.3. The average molecular weight is 872 g/mol. The maximum absolute atomic E-state index is 12.7. The molecule has 0 aromatic rings. The van der Waals surface area contributed by atoms with Gasteiger partial charge in [-0.1, -0.05) is 206 Å². The molecule has 2 atom stereocenters. The number of unbranched alkanes of at least 4 members (excludes halogenated alkanes) is 31. The minimum Gasteiger partial charge on any atom is -0.756 e. The van der Waals surface area contributed by atoms with E-state index in [0.717, 1.165) is 44.9 Å². The monoisotopic (exact) mass is 872 g/mol. The summed E-state index contributed by atoms with van der Waals surface area (Å²) in [7, 11) is 1.18. The molecule has 0 spiro atoms. The highest BCUT2D eigenvalue weighted by molar-refractivity contribution is 7.45. The molecular formula is C50H98NO8P. The Bertz CT molecular complexity index is 1030. The third-order valence-electron chi connectivity index (χ3n) is 11.3. The Morgan fingerprint density at radius 2 is 0.850 bits per heavy atom. The van der Waals surface area contributed by atoms with Crippen molar-refractivity contribution in [1.29, 1.82) is 0 Å². The first-order valence-electron chi connectivity index (χ1n) is 25.4. The van der Waals surface area contributed by atoms with E-state index >= 15 is 0 Å². The van der Waals surface area contributed by atoms with Gasteiger partial charge in [0.15, 0.2) is 6.10 Å². The van der Waals surface area contributed by atoms with Crippen LogP contribution in [-0.2, 0) is 32.7 Å². The van der Waals surface area contributed by atoms with Crippen molar-refractivity contribution in [3.8, 4) is 0 Å². The second-order valence-corrected chi connectivity index (χ2v) is 20.0. The standard InChI is InChI=1S/C50H98NO8P/c1-6-8-10-12-14-16-18-20-22-24-25-27-29-31-33-35-37-39-41-43-50(53)59-48(47-58-60(54,55)57-45-44-51(3,4)5)46-56-49(52)42-40-38-36-34-32-30-28-26-23-21-19-17-15-13-11-9-7-2/h24-25,48H,6-23,26-47H2,1-5H3/b25-24-/t48-/m1/s1. The van der Waals surface area contributed by atoms with Gasteiger partial charge in [0.05, 0.1) is 27.7 Å². The SMILES string of the molecule is CCCCCCCCCC/C=C\CCCCCCCCCC(=O)O[C@H](COC(=O)CCCCCCCCCCCCCCCCCCC)COP(=O)([O-])OCC[N+](C)(C)C. The Kier molecular flexibility index (Phi) is 42.1. The van der Waals surface area contributed by atoms with Crippen LogP contribution in [0.25, 0.3) is 0 Å². The van der Waals surface area contributed by atoms with Crippen molar-refractivity contribution in [3.05, 3.63) is 12.2 Å². The molecule has 0 N–H and O–H groups in total. The molecule has 0 aromatic carbocycles. The number of carbonyl (C=O) groups is 2. The molecule has 60 heavy (non-hydrogen) atoms. The lowest BCUT2D eigenvalue weighted by Gasteiger charge is -2.28. The van der Waals surface area contributed by atoms with Gasteiger partial charge in [-0.3, -0.25) is 14.2 Å². The van der Waals surface area contributed by atoms with E-state index in [-0.39, 0.29) is 32.0 Å². The lowest BCUT2D eigenvalue weighted by Crippen LogP contribution is -2.37. The zero-order valence-electron chi connectivity index (χ0n) is 40.2. The van der Waals surface area contributed by atoms with Gasteiger partial charge in [0, 0.05) is 12.8 Å². The van der Waals surface area contributed by atoms with Gasteiger partial charge in [-0.2, -0.15) is 0 Å². The number of allylic oxidation sites excluding steroid dienone is 2. The second-order valence-electron chi connectivity index (χ2n) is 18.5. The highest BCUT2D eigenvalue weighted by atomic mass is 31.2. The number of rotatable bonds is 47. The summed E-state index contributed by atoms with van der Waals surface area (Å²) in [6, 6.07) is 0. The second kappa shape index (κ2) is 43.0. The van der Waals surface area contributed by atoms with Crippen molar-refractivity contribution in [2.75, 3.05) is 47.5 Å². The lowest BCUT2D eigenvalue weighted by atomic mass is 10.0. The maximum atomic E-state index is 12.7. The van der Waals surface area contributed by atoms with Gasteiger partial charge in [0.2, 0.25) is 0 Å². The highest BCUT2D eigenvalue weighted by Crippen LogP contribution is 2.38. The van der Waals surface area contributed by atoms with Gasteiger partial charge in [0.1, 0.15) is 19.8 Å². The smallest absolute Gasteiger partial charge is 0.306 e. The molecule has 0 amide bonds. The summed E-state index contributed by atoms with van der Waals surface area (Å²) < 4.78 is 34.0. The summed E-state index contributed by atoms with van der Waals surface area (Å²) in [5.74, 6) is -0.824. The largest absolute Gasteiger partial charge is 0.756 e. The molecule has 356 valence electrons. The Morgan fingerprint density at radius 1 is 0.500 bits per heavy atom. The topological polar surface area (TPSA) is 111 Å². The van der Waals surface area contributed by atoms with E-state index < -0.39 is 26.5 Å². The molecule has 0 bridgehead atoms. The van der Waals surface area contributed by atoms with Crippen molar-refractivity contribution in [2.45, 2.75) is 251 Å². The van der Waals surface area contributed by atoms with E-state index in [0.29, 0.717) is 17.4 Å². The Morgan fingerprint density at radius 3 is 1.23 bits per heavy atom. The molecule has 0 rings (SSSR count). The number of phosphoric ester groups is 1. The van der Waals surface area contributed by atoms with Crippen LogP contribution in [0.15, 0.2) is 12.2 Å². The maximum Gasteiger partial charge on any atom is 0.306 e. The molecule has 0 aliphatic rings. The number of ether oxygens (including phenoxy) is 2. The number of likely N-dealkylation sites (N-methyl/N-ethyl adjacent to an activating group) is 1. The molecule has 10 heteroatoms. The average Bonchev–Trinajstić information content (AvgIpc) is 3.20. The van der Waals surface area contributed by atoms with E-state index in [9.17, 15) is 19.0 Å². The van der Waals surface area contributed by atoms with Crippen LogP contribution in [0.5, 0.6) is 0 Å². The van der Waals surface area contributed by atoms with Crippen LogP contribution in [-0.4, -0.2) is 70.0 Å². The fraction of sp³-hybridized carbons (Fsp3) is 0.920. The summed E-state index contributed by atoms with van der Waals surface area (Å²) in [5.41, 5.74) is 0. The Labute approximate surface area is 371 Å². The lowest BCUT2D eigenvalue weighted by molar-refractivity contribution is -0.870. The molecule has 0 fully saturated rings. The van der Waals surface area contributed by atoms with Crippen LogP contribution in [0.3, 0.4) is 0 Å². The van der Waals surface area contributed by atoms with Crippen molar-refractivity contribution in [3.63, 3.8) is 0 Å². The Hall–Kier alpha value is -1.25. The quantitative estimate of drug-likeness (QED) is 0.0195. The first-order chi connectivity index (χ1) is 29.0. The molecule has 0 saturated carbocycles. The number of phosphoric acid groups is 1.